The first kappa shape index (κ1) is 30.0. The van der Waals surface area contributed by atoms with Gasteiger partial charge in [-0.05, 0) is 61.7 Å². The fraction of sp³-hybridized carbons (Fsp3) is 0.267. The number of aliphatic hydroxyl groups is 1. The minimum Gasteiger partial charge on any atom is -0.496 e. The number of aliphatic hydroxyl groups excluding tert-OH is 1. The second-order valence-electron chi connectivity index (χ2n) is 8.67. The average Bonchev–Trinajstić information content (AvgIpc) is 3.31. The van der Waals surface area contributed by atoms with E-state index in [4.69, 9.17) is 36.3 Å². The largest absolute Gasteiger partial charge is 0.496 e. The summed E-state index contributed by atoms with van der Waals surface area (Å²) >= 11 is 1.31. The van der Waals surface area contributed by atoms with Crippen LogP contribution < -0.4 is 15.2 Å². The highest BCUT2D eigenvalue weighted by atomic mass is 32.2. The maximum Gasteiger partial charge on any atom is 0.236 e. The first-order valence-corrected chi connectivity index (χ1v) is 13.0. The molecule has 0 fully saturated rings. The zero-order chi connectivity index (χ0) is 28.1. The van der Waals surface area contributed by atoms with Gasteiger partial charge in [-0.25, -0.2) is 14.8 Å². The molecule has 0 aliphatic heterocycles. The molecular weight excluding hydrogens is 526 g/mol. The molecule has 0 spiro atoms. The highest BCUT2D eigenvalue weighted by Crippen LogP contribution is 2.42. The number of nitrogen functional groups attached to an aromatic ring is 1. The summed E-state index contributed by atoms with van der Waals surface area (Å²) in [5.41, 5.74) is 11.1. The number of ether oxygens (including phenoxy) is 2. The molecule has 0 aliphatic carbocycles. The molecule has 2 aromatic heterocycles. The minimum atomic E-state index is -0.102. The number of methoxy groups -OCH3 is 1. The van der Waals surface area contributed by atoms with E-state index >= 15 is 0 Å². The summed E-state index contributed by atoms with van der Waals surface area (Å²) in [6.45, 7) is 13.5. The van der Waals surface area contributed by atoms with Crippen LogP contribution in [0.5, 0.6) is 11.5 Å². The predicted molar refractivity (Wildman–Crippen MR) is 157 cm³/mol. The Hall–Kier alpha value is -4.51. The van der Waals surface area contributed by atoms with Crippen LogP contribution in [0, 0.1) is 38.7 Å². The van der Waals surface area contributed by atoms with Gasteiger partial charge < -0.3 is 24.7 Å². The molecule has 0 bridgehead atoms. The Morgan fingerprint density at radius 1 is 1.15 bits per heavy atom. The highest BCUT2D eigenvalue weighted by molar-refractivity contribution is 7.98. The molecule has 2 aromatic carbocycles. The van der Waals surface area contributed by atoms with Crippen LogP contribution in [0.4, 0.5) is 11.5 Å². The molecule has 2 heterocycles. The number of rotatable bonds is 9. The monoisotopic (exact) mass is 557 g/mol. The second kappa shape index (κ2) is 13.0. The SMILES string of the molecule is C.[C-]#[N+]c1c(N)nc(SCc2nc(-c3cc(C)c(OC)cc3C)oc2C)c(C#N)c1-c1ccc(OCCO)cc1. The number of nitrogens with zero attached hydrogens (tertiary/aromatic N) is 4. The van der Waals surface area contributed by atoms with Crippen molar-refractivity contribution < 1.29 is 19.0 Å². The van der Waals surface area contributed by atoms with Gasteiger partial charge in [0.05, 0.1) is 31.5 Å². The van der Waals surface area contributed by atoms with Crippen molar-refractivity contribution in [1.82, 2.24) is 9.97 Å². The zero-order valence-corrected chi connectivity index (χ0v) is 22.8. The van der Waals surface area contributed by atoms with Crippen molar-refractivity contribution in [2.45, 2.75) is 39.0 Å². The molecule has 9 nitrogen and oxygen atoms in total. The van der Waals surface area contributed by atoms with Gasteiger partial charge in [0, 0.05) is 16.9 Å². The molecule has 0 aliphatic rings. The molecule has 4 aromatic rings. The van der Waals surface area contributed by atoms with Gasteiger partial charge in [-0.2, -0.15) is 5.26 Å². The first-order valence-electron chi connectivity index (χ1n) is 12.0. The number of aryl methyl sites for hydroxylation is 3. The molecule has 40 heavy (non-hydrogen) atoms. The van der Waals surface area contributed by atoms with Gasteiger partial charge in [0.2, 0.25) is 11.6 Å². The maximum atomic E-state index is 10.1. The average molecular weight is 558 g/mol. The Kier molecular flexibility index (Phi) is 9.78. The molecule has 4 rings (SSSR count). The Bertz CT molecular complexity index is 1600. The van der Waals surface area contributed by atoms with Crippen LogP contribution >= 0.6 is 11.8 Å². The number of benzene rings is 2. The molecule has 0 saturated heterocycles. The Balaban J connectivity index is 0.00000441. The third-order valence-corrected chi connectivity index (χ3v) is 7.09. The Morgan fingerprint density at radius 2 is 1.88 bits per heavy atom. The molecule has 0 unspecified atom stereocenters. The summed E-state index contributed by atoms with van der Waals surface area (Å²) in [6.07, 6.45) is 0. The minimum absolute atomic E-state index is 0. The van der Waals surface area contributed by atoms with Crippen molar-refractivity contribution in [2.24, 2.45) is 0 Å². The highest BCUT2D eigenvalue weighted by Gasteiger charge is 2.22. The van der Waals surface area contributed by atoms with Crippen molar-refractivity contribution in [2.75, 3.05) is 26.1 Å². The van der Waals surface area contributed by atoms with E-state index in [1.54, 1.807) is 31.4 Å². The fourth-order valence-electron chi connectivity index (χ4n) is 4.11. The van der Waals surface area contributed by atoms with Crippen LogP contribution in [0.1, 0.15) is 35.6 Å². The predicted octanol–water partition coefficient (Wildman–Crippen LogP) is 6.64. The summed E-state index contributed by atoms with van der Waals surface area (Å²) in [5.74, 6) is 2.96. The van der Waals surface area contributed by atoms with Gasteiger partial charge in [0.25, 0.3) is 0 Å². The molecule has 0 atom stereocenters. The van der Waals surface area contributed by atoms with Crippen LogP contribution in [0.2, 0.25) is 0 Å². The third-order valence-electron chi connectivity index (χ3n) is 6.10. The molecule has 0 saturated carbocycles. The van der Waals surface area contributed by atoms with Crippen molar-refractivity contribution in [3.63, 3.8) is 0 Å². The standard InChI is InChI=1S/C29H27N5O4S.CH4/c1-16-13-24(36-5)17(2)12-21(16)28-33-23(18(3)38-28)15-39-29-22(14-30)25(26(32-4)27(31)34-29)19-6-8-20(9-7-19)37-11-10-35;/h6-9,12-13,35H,10-11,15H2,1-3,5H3,(H2,31,34);1H4. The number of thioether (sulfide) groups is 1. The lowest BCUT2D eigenvalue weighted by Gasteiger charge is -2.13. The van der Waals surface area contributed by atoms with E-state index in [9.17, 15) is 5.26 Å². The number of aromatic nitrogens is 2. The van der Waals surface area contributed by atoms with Crippen LogP contribution in [0.3, 0.4) is 0 Å². The Morgan fingerprint density at radius 3 is 2.50 bits per heavy atom. The molecular formula is C30H31N5O4S. The number of pyridine rings is 1. The number of hydrogen-bond donors (Lipinski definition) is 2. The van der Waals surface area contributed by atoms with Crippen LogP contribution in [0.25, 0.3) is 27.4 Å². The van der Waals surface area contributed by atoms with E-state index in [-0.39, 0.29) is 37.7 Å². The van der Waals surface area contributed by atoms with Crippen molar-refractivity contribution in [1.29, 1.82) is 5.26 Å². The topological polar surface area (TPSA) is 132 Å². The van der Waals surface area contributed by atoms with Gasteiger partial charge in [-0.1, -0.05) is 31.3 Å². The molecule has 0 amide bonds. The number of nitrogens with two attached hydrogens (primary N) is 1. The number of anilines is 1. The van der Waals surface area contributed by atoms with Gasteiger partial charge >= 0.3 is 0 Å². The van der Waals surface area contributed by atoms with E-state index in [1.807, 2.05) is 32.9 Å². The van der Waals surface area contributed by atoms with E-state index in [0.29, 0.717) is 45.0 Å². The van der Waals surface area contributed by atoms with Crippen LogP contribution in [-0.2, 0) is 5.75 Å². The molecule has 206 valence electrons. The summed E-state index contributed by atoms with van der Waals surface area (Å²) in [6, 6.07) is 13.1. The first-order chi connectivity index (χ1) is 18.8. The van der Waals surface area contributed by atoms with Crippen molar-refractivity contribution in [3.8, 4) is 40.1 Å². The van der Waals surface area contributed by atoms with Gasteiger partial charge in [-0.3, -0.25) is 0 Å². The summed E-state index contributed by atoms with van der Waals surface area (Å²) < 4.78 is 16.8. The van der Waals surface area contributed by atoms with E-state index in [0.717, 1.165) is 22.4 Å². The smallest absolute Gasteiger partial charge is 0.236 e. The third kappa shape index (κ3) is 6.04. The lowest BCUT2D eigenvalue weighted by Crippen LogP contribution is -2.02. The molecule has 0 radical (unpaired) electrons. The fourth-order valence-corrected chi connectivity index (χ4v) is 5.11. The summed E-state index contributed by atoms with van der Waals surface area (Å²) in [7, 11) is 1.64. The van der Waals surface area contributed by atoms with Crippen LogP contribution in [0.15, 0.2) is 45.8 Å². The van der Waals surface area contributed by atoms with Crippen molar-refractivity contribution >= 4 is 23.3 Å². The maximum absolute atomic E-state index is 10.1. The van der Waals surface area contributed by atoms with E-state index < -0.39 is 0 Å². The molecule has 3 N–H and O–H groups in total. The van der Waals surface area contributed by atoms with E-state index in [1.165, 1.54) is 11.8 Å². The van der Waals surface area contributed by atoms with Gasteiger partial charge in [0.15, 0.2) is 0 Å². The molecule has 10 heteroatoms. The van der Waals surface area contributed by atoms with Crippen molar-refractivity contribution in [3.05, 3.63) is 76.0 Å². The van der Waals surface area contributed by atoms with Crippen LogP contribution in [-0.4, -0.2) is 35.4 Å². The number of nitriles is 1. The quantitative estimate of drug-likeness (QED) is 0.172. The second-order valence-corrected chi connectivity index (χ2v) is 9.63. The number of hydrogen-bond acceptors (Lipinski definition) is 9. The lowest BCUT2D eigenvalue weighted by molar-refractivity contribution is 0.201. The number of oxazole rings is 1. The van der Waals surface area contributed by atoms with E-state index in [2.05, 4.69) is 15.9 Å². The Labute approximate surface area is 238 Å². The normalized spacial score (nSPS) is 10.4. The van der Waals surface area contributed by atoms with Gasteiger partial charge in [-0.15, -0.1) is 0 Å². The summed E-state index contributed by atoms with van der Waals surface area (Å²) in [5, 5.41) is 19.5. The lowest BCUT2D eigenvalue weighted by atomic mass is 10.00. The van der Waals surface area contributed by atoms with Gasteiger partial charge in [0.1, 0.15) is 40.8 Å². The summed E-state index contributed by atoms with van der Waals surface area (Å²) in [4.78, 5) is 12.7. The zero-order valence-electron chi connectivity index (χ0n) is 22.0.